The molecule has 1 aromatic carbocycles. The van der Waals surface area contributed by atoms with Crippen molar-refractivity contribution in [2.24, 2.45) is 5.73 Å². The second-order valence-electron chi connectivity index (χ2n) is 5.73. The van der Waals surface area contributed by atoms with Crippen LogP contribution < -0.4 is 15.8 Å². The summed E-state index contributed by atoms with van der Waals surface area (Å²) in [6, 6.07) is 4.57. The van der Waals surface area contributed by atoms with Crippen LogP contribution in [0.15, 0.2) is 18.2 Å². The summed E-state index contributed by atoms with van der Waals surface area (Å²) >= 11 is 0. The van der Waals surface area contributed by atoms with Crippen LogP contribution in [-0.4, -0.2) is 18.1 Å². The fourth-order valence-corrected chi connectivity index (χ4v) is 2.53. The van der Waals surface area contributed by atoms with Crippen LogP contribution in [0.2, 0.25) is 0 Å². The maximum atomic E-state index is 13.9. The molecular weight excluding hydrogens is 271 g/mol. The Kier molecular flexibility index (Phi) is 5.17. The molecule has 1 fully saturated rings. The molecule has 3 N–H and O–H groups in total. The Morgan fingerprint density at radius 3 is 2.62 bits per heavy atom. The summed E-state index contributed by atoms with van der Waals surface area (Å²) in [6.07, 6.45) is 3.59. The zero-order chi connectivity index (χ0) is 15.4. The number of hydrogen-bond acceptors (Lipinski definition) is 3. The number of nitrogens with one attached hydrogen (secondary N) is 1. The van der Waals surface area contributed by atoms with Gasteiger partial charge in [-0.1, -0.05) is 18.9 Å². The third-order valence-corrected chi connectivity index (χ3v) is 3.86. The molecule has 1 amide bonds. The van der Waals surface area contributed by atoms with Crippen molar-refractivity contribution in [3.05, 3.63) is 29.6 Å². The lowest BCUT2D eigenvalue weighted by atomic mass is 10.1. The molecule has 0 saturated heterocycles. The Bertz CT molecular complexity index is 499. The van der Waals surface area contributed by atoms with Crippen molar-refractivity contribution in [3.8, 4) is 5.75 Å². The van der Waals surface area contributed by atoms with Crippen molar-refractivity contribution in [2.75, 3.05) is 0 Å². The fourth-order valence-electron chi connectivity index (χ4n) is 2.53. The Balaban J connectivity index is 1.95. The molecule has 2 rings (SSSR count). The zero-order valence-electron chi connectivity index (χ0n) is 12.6. The number of carbonyl (C=O) groups excluding carboxylic acids is 1. The van der Waals surface area contributed by atoms with E-state index in [9.17, 15) is 9.18 Å². The molecule has 0 bridgehead atoms. The predicted octanol–water partition coefficient (Wildman–Crippen LogP) is 2.67. The summed E-state index contributed by atoms with van der Waals surface area (Å²) in [5, 5.41) is 2.94. The van der Waals surface area contributed by atoms with E-state index in [-0.39, 0.29) is 23.7 Å². The van der Waals surface area contributed by atoms with Crippen LogP contribution in [0.25, 0.3) is 0 Å². The quantitative estimate of drug-likeness (QED) is 0.877. The average molecular weight is 294 g/mol. The van der Waals surface area contributed by atoms with Gasteiger partial charge < -0.3 is 15.8 Å². The third-order valence-electron chi connectivity index (χ3n) is 3.86. The van der Waals surface area contributed by atoms with Gasteiger partial charge in [0.15, 0.2) is 17.7 Å². The van der Waals surface area contributed by atoms with Crippen molar-refractivity contribution in [1.29, 1.82) is 0 Å². The first-order valence-corrected chi connectivity index (χ1v) is 7.49. The van der Waals surface area contributed by atoms with Gasteiger partial charge in [-0.05, 0) is 44.4 Å². The average Bonchev–Trinajstić information content (AvgIpc) is 2.93. The summed E-state index contributed by atoms with van der Waals surface area (Å²) < 4.78 is 19.4. The number of ether oxygens (including phenoxy) is 1. The van der Waals surface area contributed by atoms with Crippen molar-refractivity contribution < 1.29 is 13.9 Å². The van der Waals surface area contributed by atoms with Crippen LogP contribution in [-0.2, 0) is 4.79 Å². The van der Waals surface area contributed by atoms with E-state index in [1.807, 2.05) is 0 Å². The summed E-state index contributed by atoms with van der Waals surface area (Å²) in [7, 11) is 0. The van der Waals surface area contributed by atoms with Crippen molar-refractivity contribution in [3.63, 3.8) is 0 Å². The van der Waals surface area contributed by atoms with E-state index in [2.05, 4.69) is 5.32 Å². The van der Waals surface area contributed by atoms with Crippen LogP contribution in [0.1, 0.15) is 51.1 Å². The van der Waals surface area contributed by atoms with Crippen LogP contribution in [0.3, 0.4) is 0 Å². The zero-order valence-corrected chi connectivity index (χ0v) is 12.6. The van der Waals surface area contributed by atoms with E-state index < -0.39 is 11.9 Å². The predicted molar refractivity (Wildman–Crippen MR) is 79.5 cm³/mol. The maximum Gasteiger partial charge on any atom is 0.260 e. The second kappa shape index (κ2) is 6.89. The van der Waals surface area contributed by atoms with Gasteiger partial charge in [-0.3, -0.25) is 4.79 Å². The molecule has 2 unspecified atom stereocenters. The Morgan fingerprint density at radius 1 is 1.38 bits per heavy atom. The van der Waals surface area contributed by atoms with Crippen LogP contribution in [0, 0.1) is 5.82 Å². The SMILES string of the molecule is CC(Oc1ccc(C(C)N)cc1F)C(=O)NC1CCCC1. The minimum atomic E-state index is -0.721. The highest BCUT2D eigenvalue weighted by atomic mass is 19.1. The molecule has 0 heterocycles. The summed E-state index contributed by atoms with van der Waals surface area (Å²) in [5.41, 5.74) is 6.40. The van der Waals surface area contributed by atoms with Crippen molar-refractivity contribution in [1.82, 2.24) is 5.32 Å². The first kappa shape index (κ1) is 15.8. The third kappa shape index (κ3) is 4.17. The molecule has 0 aliphatic heterocycles. The van der Waals surface area contributed by atoms with Gasteiger partial charge in [0.25, 0.3) is 5.91 Å². The number of rotatable bonds is 5. The Labute approximate surface area is 124 Å². The minimum Gasteiger partial charge on any atom is -0.478 e. The number of amides is 1. The standard InChI is InChI=1S/C16H23FN2O2/c1-10(18)12-7-8-15(14(17)9-12)21-11(2)16(20)19-13-5-3-4-6-13/h7-11,13H,3-6,18H2,1-2H3,(H,19,20). The molecule has 0 spiro atoms. The lowest BCUT2D eigenvalue weighted by Gasteiger charge is -2.18. The topological polar surface area (TPSA) is 64.3 Å². The number of halogens is 1. The van der Waals surface area contributed by atoms with Crippen LogP contribution >= 0.6 is 0 Å². The van der Waals surface area contributed by atoms with Gasteiger partial charge in [0.1, 0.15) is 0 Å². The van der Waals surface area contributed by atoms with Gasteiger partial charge in [0, 0.05) is 12.1 Å². The molecule has 1 aromatic rings. The van der Waals surface area contributed by atoms with E-state index in [0.717, 1.165) is 25.7 Å². The molecule has 21 heavy (non-hydrogen) atoms. The van der Waals surface area contributed by atoms with E-state index >= 15 is 0 Å². The van der Waals surface area contributed by atoms with Gasteiger partial charge in [-0.25, -0.2) is 4.39 Å². The Hall–Kier alpha value is -1.62. The first-order chi connectivity index (χ1) is 9.97. The normalized spacial score (nSPS) is 18.3. The number of carbonyl (C=O) groups is 1. The highest BCUT2D eigenvalue weighted by Gasteiger charge is 2.22. The summed E-state index contributed by atoms with van der Waals surface area (Å²) in [5.74, 6) is -0.614. The Morgan fingerprint density at radius 2 is 2.05 bits per heavy atom. The molecule has 116 valence electrons. The molecule has 0 aromatic heterocycles. The highest BCUT2D eigenvalue weighted by Crippen LogP contribution is 2.22. The maximum absolute atomic E-state index is 13.9. The molecule has 2 atom stereocenters. The van der Waals surface area contributed by atoms with Crippen molar-refractivity contribution in [2.45, 2.75) is 57.7 Å². The second-order valence-corrected chi connectivity index (χ2v) is 5.73. The largest absolute Gasteiger partial charge is 0.478 e. The van der Waals surface area contributed by atoms with Crippen LogP contribution in [0.5, 0.6) is 5.75 Å². The number of benzene rings is 1. The monoisotopic (exact) mass is 294 g/mol. The molecule has 0 radical (unpaired) electrons. The van der Waals surface area contributed by atoms with Gasteiger partial charge in [-0.15, -0.1) is 0 Å². The molecule has 1 aliphatic rings. The van der Waals surface area contributed by atoms with Gasteiger partial charge >= 0.3 is 0 Å². The van der Waals surface area contributed by atoms with Crippen LogP contribution in [0.4, 0.5) is 4.39 Å². The number of hydrogen-bond donors (Lipinski definition) is 2. The van der Waals surface area contributed by atoms with E-state index in [0.29, 0.717) is 5.56 Å². The molecule has 1 aliphatic carbocycles. The molecule has 5 heteroatoms. The fraction of sp³-hybridized carbons (Fsp3) is 0.562. The lowest BCUT2D eigenvalue weighted by Crippen LogP contribution is -2.41. The minimum absolute atomic E-state index is 0.0773. The smallest absolute Gasteiger partial charge is 0.260 e. The lowest BCUT2D eigenvalue weighted by molar-refractivity contribution is -0.128. The highest BCUT2D eigenvalue weighted by molar-refractivity contribution is 5.81. The molecule has 4 nitrogen and oxygen atoms in total. The number of nitrogens with two attached hydrogens (primary N) is 1. The van der Waals surface area contributed by atoms with E-state index in [4.69, 9.17) is 10.5 Å². The first-order valence-electron chi connectivity index (χ1n) is 7.49. The van der Waals surface area contributed by atoms with E-state index in [1.165, 1.54) is 12.1 Å². The van der Waals surface area contributed by atoms with Gasteiger partial charge in [0.05, 0.1) is 0 Å². The molecule has 1 saturated carbocycles. The van der Waals surface area contributed by atoms with E-state index in [1.54, 1.807) is 19.9 Å². The van der Waals surface area contributed by atoms with Gasteiger partial charge in [0.2, 0.25) is 0 Å². The summed E-state index contributed by atoms with van der Waals surface area (Å²) in [6.45, 7) is 3.41. The summed E-state index contributed by atoms with van der Waals surface area (Å²) in [4.78, 5) is 12.0. The van der Waals surface area contributed by atoms with Gasteiger partial charge in [-0.2, -0.15) is 0 Å². The molecular formula is C16H23FN2O2. The van der Waals surface area contributed by atoms with Crippen molar-refractivity contribution >= 4 is 5.91 Å².